The fourth-order valence-corrected chi connectivity index (χ4v) is 3.50. The van der Waals surface area contributed by atoms with Crippen LogP contribution < -0.4 is 10.1 Å². The summed E-state index contributed by atoms with van der Waals surface area (Å²) in [6, 6.07) is 16.5. The second-order valence-corrected chi connectivity index (χ2v) is 8.15. The maximum atomic E-state index is 12.7. The molecule has 0 aliphatic rings. The number of nitrogens with zero attached hydrogens (tertiary/aromatic N) is 3. The number of anilines is 1. The predicted molar refractivity (Wildman–Crippen MR) is 124 cm³/mol. The summed E-state index contributed by atoms with van der Waals surface area (Å²) < 4.78 is 5.70. The van der Waals surface area contributed by atoms with Crippen molar-refractivity contribution in [3.8, 4) is 11.4 Å². The number of hydrogen-bond donors (Lipinski definition) is 1. The van der Waals surface area contributed by atoms with Crippen molar-refractivity contribution in [1.82, 2.24) is 15.0 Å². The quantitative estimate of drug-likeness (QED) is 0.416. The lowest BCUT2D eigenvalue weighted by Gasteiger charge is -2.16. The Morgan fingerprint density at radius 1 is 1.00 bits per heavy atom. The Hall–Kier alpha value is -3.09. The lowest BCUT2D eigenvalue weighted by Crippen LogP contribution is -2.30. The van der Waals surface area contributed by atoms with Gasteiger partial charge in [-0.15, -0.1) is 10.2 Å². The highest BCUT2D eigenvalue weighted by atomic mass is 35.5. The Bertz CT molecular complexity index is 1270. The van der Waals surface area contributed by atoms with E-state index in [9.17, 15) is 4.79 Å². The number of aromatic nitrogens is 3. The molecule has 4 rings (SSSR count). The van der Waals surface area contributed by atoms with E-state index < -0.39 is 6.10 Å². The number of carbonyl (C=O) groups excluding carboxylic acids is 1. The number of ether oxygens (including phenoxy) is 1. The van der Waals surface area contributed by atoms with Crippen LogP contribution in [0.25, 0.3) is 16.7 Å². The van der Waals surface area contributed by atoms with Gasteiger partial charge in [-0.3, -0.25) is 4.79 Å². The summed E-state index contributed by atoms with van der Waals surface area (Å²) in [4.78, 5) is 14.3. The average Bonchev–Trinajstić information content (AvgIpc) is 3.13. The molecular formula is C23H20Cl2N4O2. The summed E-state index contributed by atoms with van der Waals surface area (Å²) in [6.45, 7) is 5.59. The molecule has 1 unspecified atom stereocenters. The molecule has 4 aromatic rings. The molecule has 1 N–H and O–H groups in total. The topological polar surface area (TPSA) is 69.0 Å². The van der Waals surface area contributed by atoms with E-state index in [4.69, 9.17) is 27.9 Å². The van der Waals surface area contributed by atoms with Gasteiger partial charge in [0.05, 0.1) is 10.7 Å². The van der Waals surface area contributed by atoms with Gasteiger partial charge in [0.1, 0.15) is 16.8 Å². The zero-order chi connectivity index (χ0) is 22.1. The van der Waals surface area contributed by atoms with Gasteiger partial charge in [-0.1, -0.05) is 40.9 Å². The summed E-state index contributed by atoms with van der Waals surface area (Å²) in [6.07, 6.45) is -0.767. The molecule has 3 aromatic carbocycles. The highest BCUT2D eigenvalue weighted by molar-refractivity contribution is 6.35. The molecule has 0 aliphatic heterocycles. The maximum Gasteiger partial charge on any atom is 0.265 e. The number of fused-ring (bicyclic) bond motifs is 1. The van der Waals surface area contributed by atoms with Crippen LogP contribution in [0.15, 0.2) is 54.6 Å². The van der Waals surface area contributed by atoms with E-state index >= 15 is 0 Å². The Morgan fingerprint density at radius 2 is 1.68 bits per heavy atom. The van der Waals surface area contributed by atoms with E-state index in [0.717, 1.165) is 22.3 Å². The average molecular weight is 455 g/mol. The molecular weight excluding hydrogens is 435 g/mol. The van der Waals surface area contributed by atoms with Gasteiger partial charge in [-0.2, -0.15) is 4.80 Å². The Morgan fingerprint density at radius 3 is 2.35 bits per heavy atom. The van der Waals surface area contributed by atoms with Crippen LogP contribution >= 0.6 is 23.2 Å². The number of amides is 1. The predicted octanol–water partition coefficient (Wildman–Crippen LogP) is 5.75. The van der Waals surface area contributed by atoms with Crippen molar-refractivity contribution >= 4 is 45.8 Å². The molecule has 0 aliphatic carbocycles. The number of hydrogen-bond acceptors (Lipinski definition) is 4. The first-order chi connectivity index (χ1) is 14.8. The Balaban J connectivity index is 1.53. The molecule has 8 heteroatoms. The summed E-state index contributed by atoms with van der Waals surface area (Å²) in [5.41, 5.74) is 4.97. The minimum Gasteiger partial charge on any atom is -0.479 e. The van der Waals surface area contributed by atoms with E-state index in [2.05, 4.69) is 15.5 Å². The summed E-state index contributed by atoms with van der Waals surface area (Å²) in [5, 5.41) is 12.8. The van der Waals surface area contributed by atoms with Crippen molar-refractivity contribution in [1.29, 1.82) is 0 Å². The monoisotopic (exact) mass is 454 g/mol. The van der Waals surface area contributed by atoms with Gasteiger partial charge < -0.3 is 10.1 Å². The van der Waals surface area contributed by atoms with Crippen LogP contribution in [0.5, 0.6) is 5.75 Å². The number of benzene rings is 3. The van der Waals surface area contributed by atoms with Gasteiger partial charge in [0.25, 0.3) is 5.91 Å². The third kappa shape index (κ3) is 4.65. The molecule has 6 nitrogen and oxygen atoms in total. The fraction of sp³-hybridized carbons (Fsp3) is 0.174. The molecule has 0 fully saturated rings. The molecule has 1 heterocycles. The largest absolute Gasteiger partial charge is 0.479 e. The summed E-state index contributed by atoms with van der Waals surface area (Å²) in [7, 11) is 0. The molecule has 1 aromatic heterocycles. The SMILES string of the molecule is Cc1ccc(-n2nc3cc(C)c(NC(=O)C(C)Oc4ccc(Cl)cc4Cl)cc3n2)cc1. The molecule has 0 radical (unpaired) electrons. The first-order valence-electron chi connectivity index (χ1n) is 9.67. The van der Waals surface area contributed by atoms with Crippen molar-refractivity contribution in [2.75, 3.05) is 5.32 Å². The zero-order valence-corrected chi connectivity index (χ0v) is 18.7. The second-order valence-electron chi connectivity index (χ2n) is 7.30. The summed E-state index contributed by atoms with van der Waals surface area (Å²) >= 11 is 12.0. The second kappa shape index (κ2) is 8.57. The standard InChI is InChI=1S/C23H20Cl2N4O2/c1-13-4-7-17(8-5-13)29-27-20-10-14(2)19(12-21(20)28-29)26-23(30)15(3)31-22-9-6-16(24)11-18(22)25/h4-12,15H,1-3H3,(H,26,30). The van der Waals surface area contributed by atoms with Gasteiger partial charge in [-0.05, 0) is 68.8 Å². The number of aryl methyl sites for hydroxylation is 2. The van der Waals surface area contributed by atoms with Crippen LogP contribution in [0, 0.1) is 13.8 Å². The molecule has 0 bridgehead atoms. The molecule has 0 spiro atoms. The van der Waals surface area contributed by atoms with Gasteiger partial charge in [0.2, 0.25) is 0 Å². The molecule has 1 amide bonds. The molecule has 0 saturated heterocycles. The molecule has 1 atom stereocenters. The van der Waals surface area contributed by atoms with Crippen LogP contribution in [0.1, 0.15) is 18.1 Å². The van der Waals surface area contributed by atoms with E-state index in [0.29, 0.717) is 27.0 Å². The van der Waals surface area contributed by atoms with E-state index in [1.54, 1.807) is 29.9 Å². The maximum absolute atomic E-state index is 12.7. The minimum atomic E-state index is -0.767. The van der Waals surface area contributed by atoms with E-state index in [1.807, 2.05) is 50.2 Å². The fourth-order valence-electron chi connectivity index (χ4n) is 3.05. The van der Waals surface area contributed by atoms with Gasteiger partial charge in [0.15, 0.2) is 6.10 Å². The van der Waals surface area contributed by atoms with Crippen molar-refractivity contribution in [3.05, 3.63) is 75.8 Å². The highest BCUT2D eigenvalue weighted by Gasteiger charge is 2.18. The van der Waals surface area contributed by atoms with Crippen molar-refractivity contribution < 1.29 is 9.53 Å². The summed E-state index contributed by atoms with van der Waals surface area (Å²) in [5.74, 6) is 0.0846. The van der Waals surface area contributed by atoms with Gasteiger partial charge >= 0.3 is 0 Å². The number of halogens is 2. The molecule has 31 heavy (non-hydrogen) atoms. The van der Waals surface area contributed by atoms with Crippen molar-refractivity contribution in [2.45, 2.75) is 26.9 Å². The smallest absolute Gasteiger partial charge is 0.265 e. The van der Waals surface area contributed by atoms with Crippen LogP contribution in [-0.4, -0.2) is 27.0 Å². The van der Waals surface area contributed by atoms with Crippen molar-refractivity contribution in [3.63, 3.8) is 0 Å². The van der Waals surface area contributed by atoms with E-state index in [1.165, 1.54) is 0 Å². The molecule has 0 saturated carbocycles. The van der Waals surface area contributed by atoms with Crippen LogP contribution in [0.4, 0.5) is 5.69 Å². The lowest BCUT2D eigenvalue weighted by molar-refractivity contribution is -0.122. The third-order valence-electron chi connectivity index (χ3n) is 4.82. The van der Waals surface area contributed by atoms with Crippen LogP contribution in [0.3, 0.4) is 0 Å². The highest BCUT2D eigenvalue weighted by Crippen LogP contribution is 2.29. The first kappa shape index (κ1) is 21.2. The van der Waals surface area contributed by atoms with Crippen LogP contribution in [0.2, 0.25) is 10.0 Å². The number of rotatable bonds is 5. The first-order valence-corrected chi connectivity index (χ1v) is 10.4. The Labute approximate surface area is 189 Å². The zero-order valence-electron chi connectivity index (χ0n) is 17.2. The number of nitrogens with one attached hydrogen (secondary N) is 1. The van der Waals surface area contributed by atoms with Gasteiger partial charge in [-0.25, -0.2) is 0 Å². The van der Waals surface area contributed by atoms with Gasteiger partial charge in [0, 0.05) is 10.7 Å². The third-order valence-corrected chi connectivity index (χ3v) is 5.35. The number of carbonyl (C=O) groups is 1. The Kier molecular flexibility index (Phi) is 5.85. The van der Waals surface area contributed by atoms with Crippen LogP contribution in [-0.2, 0) is 4.79 Å². The lowest BCUT2D eigenvalue weighted by atomic mass is 10.1. The molecule has 158 valence electrons. The minimum absolute atomic E-state index is 0.306. The van der Waals surface area contributed by atoms with Crippen molar-refractivity contribution in [2.24, 2.45) is 0 Å². The van der Waals surface area contributed by atoms with E-state index in [-0.39, 0.29) is 5.91 Å². The normalized spacial score (nSPS) is 12.0.